The van der Waals surface area contributed by atoms with Gasteiger partial charge in [0, 0.05) is 32.8 Å². The lowest BCUT2D eigenvalue weighted by molar-refractivity contribution is 1.40. The van der Waals surface area contributed by atoms with E-state index in [9.17, 15) is 0 Å². The van der Waals surface area contributed by atoms with Crippen molar-refractivity contribution < 1.29 is 0 Å². The summed E-state index contributed by atoms with van der Waals surface area (Å²) >= 11 is 0. The third kappa shape index (κ3) is 10.3. The lowest BCUT2D eigenvalue weighted by atomic mass is 9.86. The van der Waals surface area contributed by atoms with E-state index in [-0.39, 0.29) is 0 Å². The minimum Gasteiger partial charge on any atom is -0.248 e. The maximum atomic E-state index is 5.21. The minimum absolute atomic E-state index is 0.941. The number of benzene rings is 13. The van der Waals surface area contributed by atoms with Gasteiger partial charge in [-0.15, -0.1) is 0 Å². The summed E-state index contributed by atoms with van der Waals surface area (Å²) in [5.74, 6) is 0. The van der Waals surface area contributed by atoms with Gasteiger partial charge in [0.25, 0.3) is 0 Å². The van der Waals surface area contributed by atoms with Gasteiger partial charge in [0.2, 0.25) is 0 Å². The van der Waals surface area contributed by atoms with Crippen LogP contribution in [0.2, 0.25) is 0 Å². The predicted molar refractivity (Wildman–Crippen MR) is 378 cm³/mol. The number of aromatic nitrogens is 3. The Hall–Kier alpha value is -11.9. The van der Waals surface area contributed by atoms with E-state index >= 15 is 0 Å². The number of nitrogens with zero attached hydrogens (tertiary/aromatic N) is 3. The Labute approximate surface area is 524 Å². The van der Waals surface area contributed by atoms with Gasteiger partial charge in [0.1, 0.15) is 0 Å². The molecular weight excluding hydrogens is 1090 g/mol. The zero-order chi connectivity index (χ0) is 59.7. The highest BCUT2D eigenvalue weighted by Gasteiger charge is 2.19. The van der Waals surface area contributed by atoms with E-state index in [0.29, 0.717) is 0 Å². The molecule has 0 atom stereocenters. The second-order valence-corrected chi connectivity index (χ2v) is 23.0. The third-order valence-electron chi connectivity index (χ3n) is 17.5. The molecule has 0 aliphatic heterocycles. The summed E-state index contributed by atoms with van der Waals surface area (Å²) in [6.07, 6.45) is 0. The van der Waals surface area contributed by atoms with Crippen molar-refractivity contribution in [2.24, 2.45) is 0 Å². The summed E-state index contributed by atoms with van der Waals surface area (Å²) in [4.78, 5) is 15.6. The highest BCUT2D eigenvalue weighted by atomic mass is 14.7. The van der Waals surface area contributed by atoms with Gasteiger partial charge >= 0.3 is 0 Å². The van der Waals surface area contributed by atoms with Crippen molar-refractivity contribution in [2.45, 2.75) is 0 Å². The fourth-order valence-electron chi connectivity index (χ4n) is 13.1. The molecule has 13 aromatic carbocycles. The van der Waals surface area contributed by atoms with Crippen LogP contribution in [0.4, 0.5) is 0 Å². The molecule has 90 heavy (non-hydrogen) atoms. The molecule has 3 heterocycles. The van der Waals surface area contributed by atoms with E-state index in [2.05, 4.69) is 346 Å². The fourth-order valence-corrected chi connectivity index (χ4v) is 13.1. The standard InChI is InChI=1S/C87H57N3/c1-4-22-58(23-5-1)79-55-85(88-82-37-19-16-34-76(79)82)64-46-40-61(41-47-64)70-28-10-13-31-73(70)67-52-68(74-32-14-11-29-71(74)62-42-48-65(49-43-62)86-56-80(59-24-6-2-7-25-59)77-35-17-20-38-83(77)89-86)54-69(53-67)75-33-15-12-30-72(75)63-44-50-66(51-45-63)87-57-81(60-26-8-3-9-27-60)78-36-18-21-39-84(78)90-87/h1-57H. The molecule has 3 nitrogen and oxygen atoms in total. The van der Waals surface area contributed by atoms with E-state index in [1.165, 1.54) is 33.4 Å². The van der Waals surface area contributed by atoms with Gasteiger partial charge < -0.3 is 0 Å². The molecule has 0 aliphatic carbocycles. The normalized spacial score (nSPS) is 11.3. The van der Waals surface area contributed by atoms with Crippen molar-refractivity contribution in [3.63, 3.8) is 0 Å². The Morgan fingerprint density at radius 2 is 0.333 bits per heavy atom. The van der Waals surface area contributed by atoms with Crippen LogP contribution in [-0.4, -0.2) is 15.0 Å². The van der Waals surface area contributed by atoms with Gasteiger partial charge in [-0.1, -0.05) is 291 Å². The average Bonchev–Trinajstić information content (AvgIpc) is 2.10. The molecule has 0 bridgehead atoms. The SMILES string of the molecule is c1ccc(-c2cc(-c3ccc(-c4ccccc4-c4cc(-c5ccccc5-c5ccc(-c6cc(-c7ccccc7)c7ccccc7n6)cc5)cc(-c5ccccc5-c5ccc(-c6cc(-c7ccccc7)c7ccccc7n6)cc5)c4)cc3)nc3ccccc23)cc1. The summed E-state index contributed by atoms with van der Waals surface area (Å²) in [5.41, 5.74) is 29.6. The third-order valence-corrected chi connectivity index (χ3v) is 17.5. The molecular formula is C87H57N3. The van der Waals surface area contributed by atoms with Crippen LogP contribution in [0.15, 0.2) is 346 Å². The first-order valence-electron chi connectivity index (χ1n) is 30.7. The summed E-state index contributed by atoms with van der Waals surface area (Å²) in [5, 5.41) is 3.42. The van der Waals surface area contributed by atoms with Crippen LogP contribution < -0.4 is 0 Å². The summed E-state index contributed by atoms with van der Waals surface area (Å²) in [6, 6.07) is 124. The van der Waals surface area contributed by atoms with Gasteiger partial charge in [0.15, 0.2) is 0 Å². The lowest BCUT2D eigenvalue weighted by Gasteiger charge is -2.18. The monoisotopic (exact) mass is 1140 g/mol. The zero-order valence-electron chi connectivity index (χ0n) is 49.3. The quantitative estimate of drug-likeness (QED) is 0.122. The maximum Gasteiger partial charge on any atom is 0.0715 e. The van der Waals surface area contributed by atoms with Crippen molar-refractivity contribution in [1.29, 1.82) is 0 Å². The molecule has 420 valence electrons. The molecule has 3 aromatic heterocycles. The highest BCUT2D eigenvalue weighted by Crippen LogP contribution is 2.44. The lowest BCUT2D eigenvalue weighted by Crippen LogP contribution is -1.93. The molecule has 0 fully saturated rings. The number of para-hydroxylation sites is 3. The van der Waals surface area contributed by atoms with Crippen LogP contribution in [0.25, 0.3) is 167 Å². The Bertz CT molecular complexity index is 4770. The van der Waals surface area contributed by atoms with E-state index in [4.69, 9.17) is 15.0 Å². The number of hydrogen-bond donors (Lipinski definition) is 0. The van der Waals surface area contributed by atoms with Crippen molar-refractivity contribution in [1.82, 2.24) is 15.0 Å². The van der Waals surface area contributed by atoms with E-state index in [1.807, 2.05) is 0 Å². The number of fused-ring (bicyclic) bond motifs is 3. The number of pyridine rings is 3. The second-order valence-electron chi connectivity index (χ2n) is 23.0. The van der Waals surface area contributed by atoms with E-state index < -0.39 is 0 Å². The molecule has 0 aliphatic rings. The van der Waals surface area contributed by atoms with Gasteiger partial charge in [-0.25, -0.2) is 15.0 Å². The molecule has 0 radical (unpaired) electrons. The molecule has 16 aromatic rings. The fraction of sp³-hybridized carbons (Fsp3) is 0. The van der Waals surface area contributed by atoms with Gasteiger partial charge in [-0.3, -0.25) is 0 Å². The molecule has 0 unspecified atom stereocenters. The molecule has 0 saturated heterocycles. The van der Waals surface area contributed by atoms with Crippen LogP contribution in [0, 0.1) is 0 Å². The maximum absolute atomic E-state index is 5.21. The van der Waals surface area contributed by atoms with E-state index in [0.717, 1.165) is 133 Å². The van der Waals surface area contributed by atoms with Gasteiger partial charge in [-0.2, -0.15) is 0 Å². The van der Waals surface area contributed by atoms with Crippen LogP contribution >= 0.6 is 0 Å². The van der Waals surface area contributed by atoms with Gasteiger partial charge in [-0.05, 0) is 155 Å². The number of hydrogen-bond acceptors (Lipinski definition) is 3. The highest BCUT2D eigenvalue weighted by molar-refractivity contribution is 6.01. The molecule has 0 saturated carbocycles. The topological polar surface area (TPSA) is 38.7 Å². The second kappa shape index (κ2) is 23.4. The Balaban J connectivity index is 0.806. The summed E-state index contributed by atoms with van der Waals surface area (Å²) in [6.45, 7) is 0. The van der Waals surface area contributed by atoms with Crippen molar-refractivity contribution >= 4 is 32.7 Å². The first-order valence-corrected chi connectivity index (χ1v) is 30.7. The van der Waals surface area contributed by atoms with Gasteiger partial charge in [0.05, 0.1) is 33.6 Å². The minimum atomic E-state index is 0.941. The van der Waals surface area contributed by atoms with Crippen LogP contribution in [0.5, 0.6) is 0 Å². The van der Waals surface area contributed by atoms with Crippen LogP contribution in [0.1, 0.15) is 0 Å². The average molecular weight is 1140 g/mol. The molecule has 0 N–H and O–H groups in total. The Morgan fingerprint density at radius 1 is 0.133 bits per heavy atom. The van der Waals surface area contributed by atoms with Crippen LogP contribution in [-0.2, 0) is 0 Å². The molecule has 16 rings (SSSR count). The number of rotatable bonds is 12. The predicted octanol–water partition coefficient (Wildman–Crippen LogP) is 23.3. The molecule has 0 amide bonds. The Kier molecular flexibility index (Phi) is 13.9. The van der Waals surface area contributed by atoms with E-state index in [1.54, 1.807) is 0 Å². The largest absolute Gasteiger partial charge is 0.248 e. The summed E-state index contributed by atoms with van der Waals surface area (Å²) in [7, 11) is 0. The van der Waals surface area contributed by atoms with Crippen molar-refractivity contribution in [2.75, 3.05) is 0 Å². The Morgan fingerprint density at radius 3 is 0.600 bits per heavy atom. The smallest absolute Gasteiger partial charge is 0.0715 e. The molecule has 3 heteroatoms. The van der Waals surface area contributed by atoms with Crippen molar-refractivity contribution in [3.8, 4) is 134 Å². The first-order chi connectivity index (χ1) is 44.6. The summed E-state index contributed by atoms with van der Waals surface area (Å²) < 4.78 is 0. The van der Waals surface area contributed by atoms with Crippen LogP contribution in [0.3, 0.4) is 0 Å². The van der Waals surface area contributed by atoms with Crippen molar-refractivity contribution in [3.05, 3.63) is 346 Å². The molecule has 0 spiro atoms. The zero-order valence-corrected chi connectivity index (χ0v) is 49.3. The first kappa shape index (κ1) is 53.6.